The van der Waals surface area contributed by atoms with Gasteiger partial charge in [0.05, 0.1) is 18.1 Å². The fourth-order valence-electron chi connectivity index (χ4n) is 3.96. The molecule has 0 atom stereocenters. The molecule has 1 saturated heterocycles. The molecule has 0 spiro atoms. The fourth-order valence-corrected chi connectivity index (χ4v) is 5.42. The van der Waals surface area contributed by atoms with E-state index >= 15 is 0 Å². The molecule has 2 aromatic rings. The molecule has 8 heteroatoms. The maximum atomic E-state index is 12.9. The minimum Gasteiger partial charge on any atom is -0.379 e. The van der Waals surface area contributed by atoms with Crippen molar-refractivity contribution in [3.63, 3.8) is 0 Å². The molecule has 7 nitrogen and oxygen atoms in total. The van der Waals surface area contributed by atoms with Crippen LogP contribution in [0.2, 0.25) is 0 Å². The van der Waals surface area contributed by atoms with Crippen molar-refractivity contribution in [1.82, 2.24) is 14.1 Å². The number of aryl methyl sites for hydroxylation is 1. The summed E-state index contributed by atoms with van der Waals surface area (Å²) < 4.78 is 34.5. The minimum atomic E-state index is -3.42. The van der Waals surface area contributed by atoms with E-state index in [0.29, 0.717) is 31.2 Å². The molecule has 1 aromatic carbocycles. The third-order valence-electron chi connectivity index (χ3n) is 5.52. The molecule has 0 saturated carbocycles. The van der Waals surface area contributed by atoms with E-state index in [1.54, 1.807) is 6.07 Å². The number of hydrogen-bond acceptors (Lipinski definition) is 5. The highest BCUT2D eigenvalue weighted by atomic mass is 32.2. The van der Waals surface area contributed by atoms with Crippen LogP contribution in [0, 0.1) is 0 Å². The van der Waals surface area contributed by atoms with Crippen LogP contribution in [-0.2, 0) is 27.7 Å². The van der Waals surface area contributed by atoms with Gasteiger partial charge in [-0.3, -0.25) is 4.68 Å². The molecule has 1 aromatic heterocycles. The Balaban J connectivity index is 1.33. The number of nitrogens with zero attached hydrogens (tertiary/aromatic N) is 4. The Labute approximate surface area is 166 Å². The van der Waals surface area contributed by atoms with Gasteiger partial charge in [0.25, 0.3) is 0 Å². The van der Waals surface area contributed by atoms with Crippen molar-refractivity contribution < 1.29 is 13.2 Å². The van der Waals surface area contributed by atoms with E-state index in [-0.39, 0.29) is 0 Å². The quantitative estimate of drug-likeness (QED) is 0.631. The van der Waals surface area contributed by atoms with Crippen molar-refractivity contribution in [3.05, 3.63) is 42.2 Å². The van der Waals surface area contributed by atoms with Crippen molar-refractivity contribution in [2.45, 2.75) is 37.1 Å². The summed E-state index contributed by atoms with van der Waals surface area (Å²) in [6.45, 7) is 4.76. The summed E-state index contributed by atoms with van der Waals surface area (Å²) in [4.78, 5) is 2.79. The van der Waals surface area contributed by atoms with Crippen LogP contribution in [0.5, 0.6) is 0 Å². The molecule has 0 aliphatic carbocycles. The monoisotopic (exact) mass is 404 g/mol. The highest BCUT2D eigenvalue weighted by Crippen LogP contribution is 2.31. The zero-order valence-electron chi connectivity index (χ0n) is 16.2. The Morgan fingerprint density at radius 1 is 1.04 bits per heavy atom. The van der Waals surface area contributed by atoms with Crippen LogP contribution in [0.25, 0.3) is 0 Å². The average molecular weight is 405 g/mol. The van der Waals surface area contributed by atoms with Gasteiger partial charge in [-0.2, -0.15) is 9.40 Å². The number of fused-ring (bicyclic) bond motifs is 1. The lowest BCUT2D eigenvalue weighted by Crippen LogP contribution is -2.40. The van der Waals surface area contributed by atoms with Crippen molar-refractivity contribution in [3.8, 4) is 0 Å². The summed E-state index contributed by atoms with van der Waals surface area (Å²) in [5, 5.41) is 4.23. The van der Waals surface area contributed by atoms with E-state index in [9.17, 15) is 8.42 Å². The number of rotatable bonds is 8. The zero-order chi connectivity index (χ0) is 19.4. The van der Waals surface area contributed by atoms with Gasteiger partial charge < -0.3 is 9.64 Å². The lowest BCUT2D eigenvalue weighted by molar-refractivity contribution is 0.0730. The van der Waals surface area contributed by atoms with Gasteiger partial charge in [0.2, 0.25) is 10.0 Å². The third kappa shape index (κ3) is 4.24. The van der Waals surface area contributed by atoms with Gasteiger partial charge in [-0.1, -0.05) is 0 Å². The first-order chi connectivity index (χ1) is 13.6. The van der Waals surface area contributed by atoms with Crippen LogP contribution in [0.1, 0.15) is 24.8 Å². The van der Waals surface area contributed by atoms with E-state index < -0.39 is 10.0 Å². The molecule has 152 valence electrons. The van der Waals surface area contributed by atoms with Gasteiger partial charge in [0.15, 0.2) is 0 Å². The number of aromatic nitrogens is 2. The largest absolute Gasteiger partial charge is 0.379 e. The second-order valence-corrected chi connectivity index (χ2v) is 9.31. The van der Waals surface area contributed by atoms with E-state index in [1.807, 2.05) is 35.3 Å². The number of ether oxygens (including phenoxy) is 1. The fraction of sp³-hybridized carbons (Fsp3) is 0.550. The Morgan fingerprint density at radius 3 is 2.64 bits per heavy atom. The van der Waals surface area contributed by atoms with E-state index in [2.05, 4.69) is 10.00 Å². The number of sulfonamides is 1. The second-order valence-electron chi connectivity index (χ2n) is 7.37. The predicted octanol–water partition coefficient (Wildman–Crippen LogP) is 2.14. The maximum absolute atomic E-state index is 12.9. The molecule has 1 fully saturated rings. The summed E-state index contributed by atoms with van der Waals surface area (Å²) in [6, 6.07) is 7.57. The van der Waals surface area contributed by atoms with E-state index in [0.717, 1.165) is 50.9 Å². The lowest BCUT2D eigenvalue weighted by atomic mass is 10.2. The van der Waals surface area contributed by atoms with Gasteiger partial charge in [-0.05, 0) is 55.5 Å². The van der Waals surface area contributed by atoms with Crippen molar-refractivity contribution in [2.75, 3.05) is 44.3 Å². The van der Waals surface area contributed by atoms with Gasteiger partial charge in [0, 0.05) is 50.8 Å². The number of unbranched alkanes of at least 4 members (excludes halogenated alkanes) is 2. The van der Waals surface area contributed by atoms with E-state index in [4.69, 9.17) is 4.74 Å². The molecule has 0 unspecified atom stereocenters. The number of morpholine rings is 1. The first-order valence-electron chi connectivity index (χ1n) is 10.1. The predicted molar refractivity (Wildman–Crippen MR) is 108 cm³/mol. The van der Waals surface area contributed by atoms with Crippen LogP contribution in [0.3, 0.4) is 0 Å². The molecule has 3 heterocycles. The summed E-state index contributed by atoms with van der Waals surface area (Å²) in [6.07, 6.45) is 8.14. The molecule has 2 aliphatic heterocycles. The molecule has 0 amide bonds. The van der Waals surface area contributed by atoms with Crippen LogP contribution < -0.4 is 4.90 Å². The minimum absolute atomic E-state index is 0.411. The normalized spacial score (nSPS) is 17.8. The van der Waals surface area contributed by atoms with Crippen LogP contribution >= 0.6 is 0 Å². The summed E-state index contributed by atoms with van der Waals surface area (Å²) in [5.41, 5.74) is 2.33. The van der Waals surface area contributed by atoms with Crippen LogP contribution in [0.4, 0.5) is 5.69 Å². The second kappa shape index (κ2) is 8.63. The SMILES string of the molecule is O=S(=O)(c1ccc2c(c1)CCN2CCCCCn1cccn1)N1CCOCC1. The van der Waals surface area contributed by atoms with Crippen LogP contribution in [0.15, 0.2) is 41.6 Å². The lowest BCUT2D eigenvalue weighted by Gasteiger charge is -2.26. The molecule has 4 rings (SSSR count). The molecule has 0 bridgehead atoms. The number of anilines is 1. The third-order valence-corrected chi connectivity index (χ3v) is 7.42. The molecule has 28 heavy (non-hydrogen) atoms. The highest BCUT2D eigenvalue weighted by Gasteiger charge is 2.28. The molecule has 0 radical (unpaired) electrons. The Kier molecular flexibility index (Phi) is 5.99. The summed E-state index contributed by atoms with van der Waals surface area (Å²) in [5.74, 6) is 0. The number of benzene rings is 1. The van der Waals surface area contributed by atoms with Crippen molar-refractivity contribution in [2.24, 2.45) is 0 Å². The Morgan fingerprint density at radius 2 is 1.86 bits per heavy atom. The van der Waals surface area contributed by atoms with E-state index in [1.165, 1.54) is 9.99 Å². The van der Waals surface area contributed by atoms with Crippen LogP contribution in [-0.4, -0.2) is 61.9 Å². The van der Waals surface area contributed by atoms with Gasteiger partial charge in [0.1, 0.15) is 0 Å². The number of hydrogen-bond donors (Lipinski definition) is 0. The molecular weight excluding hydrogens is 376 g/mol. The first kappa shape index (κ1) is 19.4. The smallest absolute Gasteiger partial charge is 0.243 e. The van der Waals surface area contributed by atoms with Crippen molar-refractivity contribution >= 4 is 15.7 Å². The standard InChI is InChI=1S/C20H28N4O3S/c25-28(26,24-13-15-27-16-14-24)19-5-6-20-18(17-19)7-12-22(20)9-2-1-3-10-23-11-4-8-21-23/h4-6,8,11,17H,1-3,7,9-10,12-16H2. The molecule has 2 aliphatic rings. The summed E-state index contributed by atoms with van der Waals surface area (Å²) in [7, 11) is -3.42. The molecule has 0 N–H and O–H groups in total. The van der Waals surface area contributed by atoms with Gasteiger partial charge in [-0.15, -0.1) is 0 Å². The topological polar surface area (TPSA) is 67.7 Å². The maximum Gasteiger partial charge on any atom is 0.243 e. The van der Waals surface area contributed by atoms with Crippen molar-refractivity contribution in [1.29, 1.82) is 0 Å². The Hall–Kier alpha value is -1.90. The highest BCUT2D eigenvalue weighted by molar-refractivity contribution is 7.89. The summed E-state index contributed by atoms with van der Waals surface area (Å²) >= 11 is 0. The first-order valence-corrected chi connectivity index (χ1v) is 11.5. The van der Waals surface area contributed by atoms with Gasteiger partial charge in [-0.25, -0.2) is 8.42 Å². The van der Waals surface area contributed by atoms with Gasteiger partial charge >= 0.3 is 0 Å². The molecular formula is C20H28N4O3S. The average Bonchev–Trinajstić information content (AvgIpc) is 3.38. The Bertz CT molecular complexity index is 877. The zero-order valence-corrected chi connectivity index (χ0v) is 17.0.